The molecule has 1 aromatic carbocycles. The molecule has 6 nitrogen and oxygen atoms in total. The molecule has 2 rings (SSSR count). The van der Waals surface area contributed by atoms with Gasteiger partial charge in [-0.2, -0.15) is 0 Å². The lowest BCUT2D eigenvalue weighted by Crippen LogP contribution is -2.38. The topological polar surface area (TPSA) is 82.1 Å². The number of carbonyl (C=O) groups excluding carboxylic acids is 2. The summed E-state index contributed by atoms with van der Waals surface area (Å²) in [5, 5.41) is 10.1. The van der Waals surface area contributed by atoms with E-state index >= 15 is 0 Å². The van der Waals surface area contributed by atoms with E-state index in [0.29, 0.717) is 24.2 Å². The molecule has 1 aliphatic rings. The van der Waals surface area contributed by atoms with Crippen LogP contribution in [0.4, 0.5) is 0 Å². The molecular weight excluding hydrogens is 324 g/mol. The average molecular weight is 348 g/mol. The van der Waals surface area contributed by atoms with E-state index in [4.69, 9.17) is 9.47 Å². The summed E-state index contributed by atoms with van der Waals surface area (Å²) in [4.78, 5) is 23.9. The number of esters is 2. The van der Waals surface area contributed by atoms with Crippen molar-refractivity contribution in [3.05, 3.63) is 47.5 Å². The Balaban J connectivity index is 2.14. The first-order valence-corrected chi connectivity index (χ1v) is 8.33. The van der Waals surface area contributed by atoms with Gasteiger partial charge in [-0.25, -0.2) is 9.59 Å². The molecule has 1 N–H and O–H groups in total. The highest BCUT2D eigenvalue weighted by Crippen LogP contribution is 2.23. The van der Waals surface area contributed by atoms with Gasteiger partial charge >= 0.3 is 11.9 Å². The standard InChI is InChI=1S/C19H24O6/c1-13(11-18(21)23-2)16(12-17-15(20)9-6-10-24-17)25-19(22)14-7-4-3-5-8-14/h3-5,7-8,11,15-17,20H,6,9-10,12H2,1-2H3/b13-11+/t15-,16+,17+/m1/s1. The van der Waals surface area contributed by atoms with Crippen LogP contribution < -0.4 is 0 Å². The molecule has 1 aromatic rings. The highest BCUT2D eigenvalue weighted by Gasteiger charge is 2.30. The van der Waals surface area contributed by atoms with Gasteiger partial charge in [0.05, 0.1) is 24.9 Å². The molecular formula is C19H24O6. The number of aliphatic hydroxyl groups excluding tert-OH is 1. The Kier molecular flexibility index (Phi) is 7.16. The number of hydrogen-bond acceptors (Lipinski definition) is 6. The van der Waals surface area contributed by atoms with Crippen molar-refractivity contribution in [3.8, 4) is 0 Å². The molecule has 1 saturated heterocycles. The van der Waals surface area contributed by atoms with Gasteiger partial charge in [0.25, 0.3) is 0 Å². The highest BCUT2D eigenvalue weighted by molar-refractivity contribution is 5.89. The maximum Gasteiger partial charge on any atom is 0.338 e. The SMILES string of the molecule is COC(=O)/C=C(\C)[C@H](C[C@@H]1OCCC[C@H]1O)OC(=O)c1ccccc1. The molecule has 1 heterocycles. The zero-order valence-corrected chi connectivity index (χ0v) is 14.5. The minimum absolute atomic E-state index is 0.277. The molecule has 0 unspecified atom stereocenters. The second-order valence-corrected chi connectivity index (χ2v) is 6.03. The lowest BCUT2D eigenvalue weighted by molar-refractivity contribution is -0.135. The number of hydrogen-bond donors (Lipinski definition) is 1. The molecule has 1 fully saturated rings. The summed E-state index contributed by atoms with van der Waals surface area (Å²) in [6.07, 6.45) is 1.26. The van der Waals surface area contributed by atoms with Gasteiger partial charge in [0.2, 0.25) is 0 Å². The lowest BCUT2D eigenvalue weighted by Gasteiger charge is -2.31. The maximum absolute atomic E-state index is 12.4. The van der Waals surface area contributed by atoms with Gasteiger partial charge in [0.15, 0.2) is 0 Å². The van der Waals surface area contributed by atoms with E-state index in [-0.39, 0.29) is 6.42 Å². The molecule has 0 aliphatic carbocycles. The summed E-state index contributed by atoms with van der Waals surface area (Å²) in [5.41, 5.74) is 0.959. The first-order chi connectivity index (χ1) is 12.0. The second kappa shape index (κ2) is 9.34. The van der Waals surface area contributed by atoms with Crippen LogP contribution in [-0.2, 0) is 19.0 Å². The van der Waals surface area contributed by atoms with Crippen LogP contribution >= 0.6 is 0 Å². The van der Waals surface area contributed by atoms with Gasteiger partial charge in [-0.3, -0.25) is 0 Å². The summed E-state index contributed by atoms with van der Waals surface area (Å²) in [7, 11) is 1.28. The summed E-state index contributed by atoms with van der Waals surface area (Å²) in [6, 6.07) is 8.62. The van der Waals surface area contributed by atoms with E-state index in [0.717, 1.165) is 6.42 Å². The number of carbonyl (C=O) groups is 2. The fourth-order valence-electron chi connectivity index (χ4n) is 2.70. The number of ether oxygens (including phenoxy) is 3. The van der Waals surface area contributed by atoms with Crippen molar-refractivity contribution in [2.75, 3.05) is 13.7 Å². The zero-order chi connectivity index (χ0) is 18.2. The van der Waals surface area contributed by atoms with Gasteiger partial charge in [0, 0.05) is 19.1 Å². The summed E-state index contributed by atoms with van der Waals surface area (Å²) >= 11 is 0. The van der Waals surface area contributed by atoms with Gasteiger partial charge in [0.1, 0.15) is 6.10 Å². The van der Waals surface area contributed by atoms with Crippen LogP contribution in [0.2, 0.25) is 0 Å². The Morgan fingerprint density at radius 3 is 2.72 bits per heavy atom. The number of rotatable bonds is 6. The number of benzene rings is 1. The molecule has 1 aliphatic heterocycles. The molecule has 0 amide bonds. The first kappa shape index (κ1) is 19.1. The normalized spacial score (nSPS) is 22.1. The molecule has 0 saturated carbocycles. The van der Waals surface area contributed by atoms with Gasteiger partial charge in [-0.1, -0.05) is 18.2 Å². The first-order valence-electron chi connectivity index (χ1n) is 8.33. The fourth-order valence-corrected chi connectivity index (χ4v) is 2.70. The van der Waals surface area contributed by atoms with Crippen molar-refractivity contribution < 1.29 is 28.9 Å². The van der Waals surface area contributed by atoms with E-state index in [1.165, 1.54) is 13.2 Å². The lowest BCUT2D eigenvalue weighted by atomic mass is 9.96. The van der Waals surface area contributed by atoms with E-state index in [1.54, 1.807) is 31.2 Å². The monoisotopic (exact) mass is 348 g/mol. The Morgan fingerprint density at radius 2 is 2.08 bits per heavy atom. The minimum Gasteiger partial charge on any atom is -0.466 e. The Bertz CT molecular complexity index is 610. The third-order valence-electron chi connectivity index (χ3n) is 4.17. The number of aliphatic hydroxyl groups is 1. The van der Waals surface area contributed by atoms with Crippen molar-refractivity contribution in [2.24, 2.45) is 0 Å². The van der Waals surface area contributed by atoms with E-state index in [2.05, 4.69) is 4.74 Å². The third kappa shape index (κ3) is 5.69. The molecule has 0 spiro atoms. The van der Waals surface area contributed by atoms with Crippen molar-refractivity contribution in [3.63, 3.8) is 0 Å². The van der Waals surface area contributed by atoms with Crippen LogP contribution in [0.5, 0.6) is 0 Å². The molecule has 3 atom stereocenters. The van der Waals surface area contributed by atoms with Crippen LogP contribution in [0.25, 0.3) is 0 Å². The molecule has 25 heavy (non-hydrogen) atoms. The summed E-state index contributed by atoms with van der Waals surface area (Å²) < 4.78 is 15.8. The summed E-state index contributed by atoms with van der Waals surface area (Å²) in [5.74, 6) is -1.02. The van der Waals surface area contributed by atoms with Gasteiger partial charge in [-0.15, -0.1) is 0 Å². The predicted octanol–water partition coefficient (Wildman–Crippen LogP) is 2.26. The van der Waals surface area contributed by atoms with Crippen LogP contribution in [0.3, 0.4) is 0 Å². The van der Waals surface area contributed by atoms with Crippen molar-refractivity contribution in [2.45, 2.75) is 44.5 Å². The Morgan fingerprint density at radius 1 is 1.36 bits per heavy atom. The Hall–Kier alpha value is -2.18. The largest absolute Gasteiger partial charge is 0.466 e. The summed E-state index contributed by atoms with van der Waals surface area (Å²) in [6.45, 7) is 2.25. The number of methoxy groups -OCH3 is 1. The molecule has 0 radical (unpaired) electrons. The van der Waals surface area contributed by atoms with Crippen LogP contribution in [-0.4, -0.2) is 49.1 Å². The van der Waals surface area contributed by atoms with Crippen molar-refractivity contribution in [1.29, 1.82) is 0 Å². The van der Waals surface area contributed by atoms with Gasteiger partial charge in [-0.05, 0) is 37.5 Å². The third-order valence-corrected chi connectivity index (χ3v) is 4.17. The van der Waals surface area contributed by atoms with E-state index < -0.39 is 30.3 Å². The maximum atomic E-state index is 12.4. The van der Waals surface area contributed by atoms with Crippen LogP contribution in [0, 0.1) is 0 Å². The quantitative estimate of drug-likeness (QED) is 0.627. The van der Waals surface area contributed by atoms with Crippen LogP contribution in [0.1, 0.15) is 36.5 Å². The van der Waals surface area contributed by atoms with Crippen molar-refractivity contribution in [1.82, 2.24) is 0 Å². The predicted molar refractivity (Wildman–Crippen MR) is 91.0 cm³/mol. The van der Waals surface area contributed by atoms with E-state index in [1.807, 2.05) is 6.07 Å². The fraction of sp³-hybridized carbons (Fsp3) is 0.474. The molecule has 136 valence electrons. The smallest absolute Gasteiger partial charge is 0.338 e. The second-order valence-electron chi connectivity index (χ2n) is 6.03. The molecule has 0 bridgehead atoms. The Labute approximate surface area is 147 Å². The average Bonchev–Trinajstić information content (AvgIpc) is 2.63. The van der Waals surface area contributed by atoms with E-state index in [9.17, 15) is 14.7 Å². The van der Waals surface area contributed by atoms with Crippen LogP contribution in [0.15, 0.2) is 42.0 Å². The molecule has 0 aromatic heterocycles. The molecule has 6 heteroatoms. The van der Waals surface area contributed by atoms with Gasteiger partial charge < -0.3 is 19.3 Å². The highest BCUT2D eigenvalue weighted by atomic mass is 16.5. The zero-order valence-electron chi connectivity index (χ0n) is 14.5. The van der Waals surface area contributed by atoms with Crippen molar-refractivity contribution >= 4 is 11.9 Å². The minimum atomic E-state index is -0.690.